The maximum Gasteiger partial charge on any atom is 0.280 e. The first-order chi connectivity index (χ1) is 9.77. The van der Waals surface area contributed by atoms with E-state index < -0.39 is 9.05 Å². The Morgan fingerprint density at radius 2 is 2.05 bits per heavy atom. The molecule has 0 atom stereocenters. The zero-order valence-electron chi connectivity index (χ0n) is 12.0. The fourth-order valence-corrected chi connectivity index (χ4v) is 3.25. The van der Waals surface area contributed by atoms with Crippen LogP contribution in [0.25, 0.3) is 0 Å². The van der Waals surface area contributed by atoms with Crippen molar-refractivity contribution >= 4 is 35.7 Å². The summed E-state index contributed by atoms with van der Waals surface area (Å²) in [5, 5.41) is 4.31. The molecule has 6 nitrogen and oxygen atoms in total. The van der Waals surface area contributed by atoms with Crippen LogP contribution in [0.5, 0.6) is 0 Å². The number of halogens is 2. The normalized spacial score (nSPS) is 12.0. The summed E-state index contributed by atoms with van der Waals surface area (Å²) in [5.41, 5.74) is 1.87. The van der Waals surface area contributed by atoms with Crippen molar-refractivity contribution in [3.8, 4) is 0 Å². The zero-order valence-corrected chi connectivity index (χ0v) is 15.1. The Morgan fingerprint density at radius 3 is 2.57 bits per heavy atom. The van der Waals surface area contributed by atoms with Crippen molar-refractivity contribution in [3.63, 3.8) is 0 Å². The van der Waals surface area contributed by atoms with E-state index >= 15 is 0 Å². The van der Waals surface area contributed by atoms with Crippen molar-refractivity contribution in [3.05, 3.63) is 27.9 Å². The molecule has 0 bridgehead atoms. The average molecular weight is 396 g/mol. The summed E-state index contributed by atoms with van der Waals surface area (Å²) in [4.78, 5) is 4.09. The van der Waals surface area contributed by atoms with Crippen LogP contribution in [0.15, 0.2) is 15.7 Å². The van der Waals surface area contributed by atoms with Gasteiger partial charge >= 0.3 is 0 Å². The first-order valence-corrected chi connectivity index (χ1v) is 9.60. The van der Waals surface area contributed by atoms with Crippen LogP contribution in [0.4, 0.5) is 0 Å². The standard InChI is InChI=1S/C12H16BrClN4O2S/c1-4-10-15-11(21(14,19)20)7-17(10)6-9-12(13)8(3)16-18(9)5-2/h7H,4-6H2,1-3H3. The van der Waals surface area contributed by atoms with Gasteiger partial charge in [-0.15, -0.1) is 0 Å². The molecule has 2 aromatic rings. The second-order valence-corrected chi connectivity index (χ2v) is 7.88. The highest BCUT2D eigenvalue weighted by atomic mass is 79.9. The van der Waals surface area contributed by atoms with Crippen molar-refractivity contribution < 1.29 is 8.42 Å². The van der Waals surface area contributed by atoms with E-state index in [2.05, 4.69) is 26.0 Å². The van der Waals surface area contributed by atoms with Crippen LogP contribution in [0.1, 0.15) is 31.1 Å². The topological polar surface area (TPSA) is 69.8 Å². The first-order valence-electron chi connectivity index (χ1n) is 6.50. The molecule has 0 aliphatic rings. The van der Waals surface area contributed by atoms with E-state index in [1.807, 2.05) is 25.5 Å². The number of hydrogen-bond donors (Lipinski definition) is 0. The van der Waals surface area contributed by atoms with E-state index in [1.165, 1.54) is 6.20 Å². The van der Waals surface area contributed by atoms with Gasteiger partial charge in [0, 0.05) is 29.8 Å². The highest BCUT2D eigenvalue weighted by Gasteiger charge is 2.19. The van der Waals surface area contributed by atoms with E-state index in [0.29, 0.717) is 18.8 Å². The van der Waals surface area contributed by atoms with Gasteiger partial charge in [-0.1, -0.05) is 6.92 Å². The molecule has 0 aromatic carbocycles. The number of imidazole rings is 1. The third-order valence-electron chi connectivity index (χ3n) is 3.18. The second-order valence-electron chi connectivity index (χ2n) is 4.58. The molecule has 0 radical (unpaired) electrons. The summed E-state index contributed by atoms with van der Waals surface area (Å²) in [7, 11) is 1.55. The maximum atomic E-state index is 11.4. The van der Waals surface area contributed by atoms with Gasteiger partial charge in [0.05, 0.1) is 22.4 Å². The Morgan fingerprint density at radius 1 is 1.38 bits per heavy atom. The molecule has 0 amide bonds. The van der Waals surface area contributed by atoms with Crippen LogP contribution in [0, 0.1) is 6.92 Å². The predicted octanol–water partition coefficient (Wildman–Crippen LogP) is 2.71. The molecular formula is C12H16BrClN4O2S. The monoisotopic (exact) mass is 394 g/mol. The van der Waals surface area contributed by atoms with Gasteiger partial charge in [0.25, 0.3) is 9.05 Å². The van der Waals surface area contributed by atoms with Crippen molar-refractivity contribution in [1.82, 2.24) is 19.3 Å². The lowest BCUT2D eigenvalue weighted by Crippen LogP contribution is -2.10. The van der Waals surface area contributed by atoms with E-state index in [-0.39, 0.29) is 5.03 Å². The van der Waals surface area contributed by atoms with Crippen LogP contribution in [0.3, 0.4) is 0 Å². The van der Waals surface area contributed by atoms with Crippen molar-refractivity contribution in [2.75, 3.05) is 0 Å². The van der Waals surface area contributed by atoms with Crippen LogP contribution in [-0.2, 0) is 28.6 Å². The molecule has 0 N–H and O–H groups in total. The molecule has 21 heavy (non-hydrogen) atoms. The maximum absolute atomic E-state index is 11.4. The van der Waals surface area contributed by atoms with Crippen LogP contribution in [-0.4, -0.2) is 27.7 Å². The second kappa shape index (κ2) is 6.10. The molecule has 2 aromatic heterocycles. The Bertz CT molecular complexity index is 767. The number of aryl methyl sites for hydroxylation is 3. The highest BCUT2D eigenvalue weighted by Crippen LogP contribution is 2.23. The molecule has 0 saturated heterocycles. The number of rotatable bonds is 5. The van der Waals surface area contributed by atoms with Crippen molar-refractivity contribution in [2.45, 2.75) is 45.3 Å². The molecule has 0 aliphatic carbocycles. The largest absolute Gasteiger partial charge is 0.327 e. The fraction of sp³-hybridized carbons (Fsp3) is 0.500. The minimum atomic E-state index is -3.82. The molecule has 0 fully saturated rings. The smallest absolute Gasteiger partial charge is 0.280 e. The Labute approximate surface area is 136 Å². The van der Waals surface area contributed by atoms with Gasteiger partial charge in [-0.3, -0.25) is 4.68 Å². The zero-order chi connectivity index (χ0) is 15.8. The SMILES string of the molecule is CCc1nc(S(=O)(=O)Cl)cn1Cc1c(Br)c(C)nn1CC. The van der Waals surface area contributed by atoms with Gasteiger partial charge in [0.15, 0.2) is 5.03 Å². The Balaban J connectivity index is 2.47. The fourth-order valence-electron chi connectivity index (χ4n) is 2.15. The summed E-state index contributed by atoms with van der Waals surface area (Å²) >= 11 is 3.53. The summed E-state index contributed by atoms with van der Waals surface area (Å²) in [6.45, 7) is 7.06. The molecule has 0 aliphatic heterocycles. The highest BCUT2D eigenvalue weighted by molar-refractivity contribution is 9.10. The lowest BCUT2D eigenvalue weighted by Gasteiger charge is -2.08. The quantitative estimate of drug-likeness (QED) is 0.730. The molecule has 0 unspecified atom stereocenters. The minimum absolute atomic E-state index is 0.114. The first kappa shape index (κ1) is 16.5. The van der Waals surface area contributed by atoms with Gasteiger partial charge in [0.2, 0.25) is 0 Å². The van der Waals surface area contributed by atoms with Gasteiger partial charge in [-0.05, 0) is 29.8 Å². The average Bonchev–Trinajstić information content (AvgIpc) is 2.94. The van der Waals surface area contributed by atoms with E-state index in [4.69, 9.17) is 10.7 Å². The predicted molar refractivity (Wildman–Crippen MR) is 84.1 cm³/mol. The van der Waals surface area contributed by atoms with Gasteiger partial charge < -0.3 is 4.57 Å². The van der Waals surface area contributed by atoms with Crippen molar-refractivity contribution in [1.29, 1.82) is 0 Å². The summed E-state index contributed by atoms with van der Waals surface area (Å²) in [6.07, 6.45) is 2.08. The third kappa shape index (κ3) is 3.32. The number of nitrogens with zero attached hydrogens (tertiary/aromatic N) is 4. The van der Waals surface area contributed by atoms with Crippen LogP contribution >= 0.6 is 26.6 Å². The van der Waals surface area contributed by atoms with Gasteiger partial charge in [-0.2, -0.15) is 5.10 Å². The number of aromatic nitrogens is 4. The molecule has 0 saturated carbocycles. The minimum Gasteiger partial charge on any atom is -0.327 e. The molecule has 116 valence electrons. The Kier molecular flexibility index (Phi) is 4.79. The Hall–Kier alpha value is -0.860. The number of hydrogen-bond acceptors (Lipinski definition) is 4. The van der Waals surface area contributed by atoms with Gasteiger partial charge in [-0.25, -0.2) is 13.4 Å². The van der Waals surface area contributed by atoms with E-state index in [0.717, 1.165) is 22.4 Å². The molecule has 9 heteroatoms. The summed E-state index contributed by atoms with van der Waals surface area (Å²) in [5.74, 6) is 0.669. The van der Waals surface area contributed by atoms with E-state index in [9.17, 15) is 8.42 Å². The van der Waals surface area contributed by atoms with Crippen LogP contribution < -0.4 is 0 Å². The van der Waals surface area contributed by atoms with Gasteiger partial charge in [0.1, 0.15) is 5.82 Å². The van der Waals surface area contributed by atoms with Crippen LogP contribution in [0.2, 0.25) is 0 Å². The van der Waals surface area contributed by atoms with E-state index in [1.54, 1.807) is 4.57 Å². The molecule has 0 spiro atoms. The lowest BCUT2D eigenvalue weighted by molar-refractivity contribution is 0.588. The molecule has 2 heterocycles. The lowest BCUT2D eigenvalue weighted by atomic mass is 10.3. The third-order valence-corrected chi connectivity index (χ3v) is 5.38. The summed E-state index contributed by atoms with van der Waals surface area (Å²) in [6, 6.07) is 0. The molecule has 2 rings (SSSR count). The summed E-state index contributed by atoms with van der Waals surface area (Å²) < 4.78 is 27.5. The molecular weight excluding hydrogens is 380 g/mol. The van der Waals surface area contributed by atoms with Crippen molar-refractivity contribution in [2.24, 2.45) is 0 Å².